The Labute approximate surface area is 185 Å². The number of esters is 1. The molecule has 0 radical (unpaired) electrons. The minimum absolute atomic E-state index is 0.0997. The molecule has 0 saturated heterocycles. The summed E-state index contributed by atoms with van der Waals surface area (Å²) < 4.78 is 6.78. The molecular weight excluding hydrogens is 442 g/mol. The fourth-order valence-corrected chi connectivity index (χ4v) is 4.62. The summed E-state index contributed by atoms with van der Waals surface area (Å²) in [5.41, 5.74) is 1.97. The number of aryl methyl sites for hydroxylation is 1. The van der Waals surface area contributed by atoms with Crippen LogP contribution in [0.1, 0.15) is 26.8 Å². The molecule has 0 amide bonds. The van der Waals surface area contributed by atoms with E-state index in [0.29, 0.717) is 27.7 Å². The fraction of sp³-hybridized carbons (Fsp3) is 0.143. The summed E-state index contributed by atoms with van der Waals surface area (Å²) in [7, 11) is 0. The second-order valence-electron chi connectivity index (χ2n) is 6.38. The Balaban J connectivity index is 1.47. The third-order valence-electron chi connectivity index (χ3n) is 4.18. The third kappa shape index (κ3) is 4.72. The molecule has 1 aromatic carbocycles. The number of hydrogen-bond donors (Lipinski definition) is 0. The molecule has 0 saturated carbocycles. The summed E-state index contributed by atoms with van der Waals surface area (Å²) in [6.45, 7) is 1.86. The van der Waals surface area contributed by atoms with Gasteiger partial charge in [-0.2, -0.15) is 0 Å². The van der Waals surface area contributed by atoms with Crippen LogP contribution in [0.4, 0.5) is 0 Å². The van der Waals surface area contributed by atoms with E-state index in [-0.39, 0.29) is 12.2 Å². The number of halogens is 1. The Morgan fingerprint density at radius 2 is 2.03 bits per heavy atom. The number of carbonyl (C=O) groups is 1. The van der Waals surface area contributed by atoms with E-state index in [2.05, 4.69) is 9.97 Å². The second kappa shape index (κ2) is 8.99. The van der Waals surface area contributed by atoms with Crippen LogP contribution in [0, 0.1) is 6.92 Å². The molecule has 3 heterocycles. The molecule has 0 aliphatic heterocycles. The minimum Gasteiger partial charge on any atom is -0.456 e. The monoisotopic (exact) mass is 457 g/mol. The third-order valence-corrected chi connectivity index (χ3v) is 6.33. The molecule has 152 valence electrons. The van der Waals surface area contributed by atoms with Crippen LogP contribution in [0.5, 0.6) is 0 Å². The molecule has 9 heteroatoms. The number of ether oxygens (including phenoxy) is 1. The van der Waals surface area contributed by atoms with Gasteiger partial charge < -0.3 is 4.74 Å². The van der Waals surface area contributed by atoms with Crippen LogP contribution in [0.25, 0.3) is 5.65 Å². The minimum atomic E-state index is -0.467. The lowest BCUT2D eigenvalue weighted by Gasteiger charge is -2.09. The van der Waals surface area contributed by atoms with Gasteiger partial charge in [-0.25, -0.2) is 14.8 Å². The van der Waals surface area contributed by atoms with Gasteiger partial charge in [-0.1, -0.05) is 23.7 Å². The lowest BCUT2D eigenvalue weighted by molar-refractivity contribution is 0.0463. The van der Waals surface area contributed by atoms with Gasteiger partial charge in [0.15, 0.2) is 0 Å². The van der Waals surface area contributed by atoms with Crippen LogP contribution in [0.15, 0.2) is 63.7 Å². The summed E-state index contributed by atoms with van der Waals surface area (Å²) in [6.07, 6.45) is 1.50. The molecule has 4 rings (SSSR count). The van der Waals surface area contributed by atoms with Crippen molar-refractivity contribution in [2.24, 2.45) is 0 Å². The molecule has 6 nitrogen and oxygen atoms in total. The van der Waals surface area contributed by atoms with Crippen molar-refractivity contribution in [2.75, 3.05) is 0 Å². The van der Waals surface area contributed by atoms with Crippen molar-refractivity contribution in [2.45, 2.75) is 24.2 Å². The molecule has 30 heavy (non-hydrogen) atoms. The van der Waals surface area contributed by atoms with Gasteiger partial charge in [0, 0.05) is 28.3 Å². The van der Waals surface area contributed by atoms with E-state index in [1.54, 1.807) is 35.6 Å². The first-order valence-corrected chi connectivity index (χ1v) is 11.2. The van der Waals surface area contributed by atoms with Gasteiger partial charge in [0.05, 0.1) is 27.0 Å². The van der Waals surface area contributed by atoms with E-state index in [4.69, 9.17) is 16.3 Å². The number of carbonyl (C=O) groups excluding carboxylic acids is 1. The predicted molar refractivity (Wildman–Crippen MR) is 118 cm³/mol. The van der Waals surface area contributed by atoms with Crippen LogP contribution >= 0.6 is 34.7 Å². The number of thiazole rings is 1. The highest BCUT2D eigenvalue weighted by Crippen LogP contribution is 2.27. The van der Waals surface area contributed by atoms with Crippen molar-refractivity contribution in [1.82, 2.24) is 14.4 Å². The van der Waals surface area contributed by atoms with E-state index in [0.717, 1.165) is 15.6 Å². The normalized spacial score (nSPS) is 11.0. The zero-order chi connectivity index (χ0) is 21.1. The van der Waals surface area contributed by atoms with Gasteiger partial charge in [0.1, 0.15) is 12.3 Å². The van der Waals surface area contributed by atoms with E-state index in [9.17, 15) is 9.59 Å². The molecule has 0 aliphatic rings. The van der Waals surface area contributed by atoms with Crippen LogP contribution < -0.4 is 5.56 Å². The second-order valence-corrected chi connectivity index (χ2v) is 8.90. The summed E-state index contributed by atoms with van der Waals surface area (Å²) in [5.74, 6) is 0.200. The Bertz CT molecular complexity index is 1290. The number of thioether (sulfide) groups is 1. The maximum absolute atomic E-state index is 12.7. The Morgan fingerprint density at radius 1 is 1.20 bits per heavy atom. The van der Waals surface area contributed by atoms with E-state index < -0.39 is 5.97 Å². The molecular formula is C21H16ClN3O3S2. The van der Waals surface area contributed by atoms with Crippen LogP contribution in [0.3, 0.4) is 0 Å². The molecule has 0 spiro atoms. The highest BCUT2D eigenvalue weighted by atomic mass is 35.5. The average molecular weight is 458 g/mol. The number of benzene rings is 1. The summed E-state index contributed by atoms with van der Waals surface area (Å²) in [6, 6.07) is 11.9. The summed E-state index contributed by atoms with van der Waals surface area (Å²) in [5, 5.41) is 3.47. The number of hydrogen-bond acceptors (Lipinski definition) is 7. The van der Waals surface area contributed by atoms with Crippen LogP contribution in [-0.4, -0.2) is 20.3 Å². The zero-order valence-corrected chi connectivity index (χ0v) is 18.3. The smallest absolute Gasteiger partial charge is 0.339 e. The van der Waals surface area contributed by atoms with Gasteiger partial charge >= 0.3 is 5.97 Å². The summed E-state index contributed by atoms with van der Waals surface area (Å²) in [4.78, 5) is 34.5. The SMILES string of the molecule is Cc1nc(CSc2ccccc2C(=O)OCc2cc(=O)n3cc(Cl)ccc3n2)cs1. The first kappa shape index (κ1) is 20.6. The van der Waals surface area contributed by atoms with Crippen molar-refractivity contribution >= 4 is 46.3 Å². The zero-order valence-electron chi connectivity index (χ0n) is 15.9. The van der Waals surface area contributed by atoms with Crippen molar-refractivity contribution in [3.63, 3.8) is 0 Å². The Hall–Kier alpha value is -2.68. The van der Waals surface area contributed by atoms with Crippen molar-refractivity contribution < 1.29 is 9.53 Å². The van der Waals surface area contributed by atoms with Gasteiger partial charge in [0.2, 0.25) is 0 Å². The molecule has 3 aromatic heterocycles. The Kier molecular flexibility index (Phi) is 6.17. The lowest BCUT2D eigenvalue weighted by atomic mass is 10.2. The maximum Gasteiger partial charge on any atom is 0.339 e. The first-order valence-electron chi connectivity index (χ1n) is 8.97. The molecule has 0 N–H and O–H groups in total. The highest BCUT2D eigenvalue weighted by Gasteiger charge is 2.14. The number of aromatic nitrogens is 3. The quantitative estimate of drug-likeness (QED) is 0.307. The van der Waals surface area contributed by atoms with Gasteiger partial charge in [-0.3, -0.25) is 9.20 Å². The standard InChI is InChI=1S/C21H16ClN3O3S2/c1-13-23-16(11-29-13)12-30-18-5-3-2-4-17(18)21(27)28-10-15-8-20(26)25-9-14(22)6-7-19(25)24-15/h2-9,11H,10,12H2,1H3. The van der Waals surface area contributed by atoms with Crippen molar-refractivity contribution in [3.05, 3.63) is 91.4 Å². The number of pyridine rings is 1. The topological polar surface area (TPSA) is 73.6 Å². The summed E-state index contributed by atoms with van der Waals surface area (Å²) >= 11 is 9.05. The molecule has 0 unspecified atom stereocenters. The number of nitrogens with zero attached hydrogens (tertiary/aromatic N) is 3. The first-order chi connectivity index (χ1) is 14.5. The number of fused-ring (bicyclic) bond motifs is 1. The van der Waals surface area contributed by atoms with Crippen molar-refractivity contribution in [3.8, 4) is 0 Å². The Morgan fingerprint density at radius 3 is 2.83 bits per heavy atom. The van der Waals surface area contributed by atoms with Crippen LogP contribution in [-0.2, 0) is 17.1 Å². The van der Waals surface area contributed by atoms with Crippen LogP contribution in [0.2, 0.25) is 5.02 Å². The van der Waals surface area contributed by atoms with Gasteiger partial charge in [-0.15, -0.1) is 23.1 Å². The average Bonchev–Trinajstić information content (AvgIpc) is 3.16. The van der Waals surface area contributed by atoms with Gasteiger partial charge in [-0.05, 0) is 31.2 Å². The maximum atomic E-state index is 12.7. The molecule has 4 aromatic rings. The molecule has 0 bridgehead atoms. The molecule has 0 aliphatic carbocycles. The number of rotatable bonds is 6. The lowest BCUT2D eigenvalue weighted by Crippen LogP contribution is -2.16. The predicted octanol–water partition coefficient (Wildman–Crippen LogP) is 4.76. The largest absolute Gasteiger partial charge is 0.456 e. The van der Waals surface area contributed by atoms with Gasteiger partial charge in [0.25, 0.3) is 5.56 Å². The van der Waals surface area contributed by atoms with E-state index in [1.165, 1.54) is 28.4 Å². The highest BCUT2D eigenvalue weighted by molar-refractivity contribution is 7.98. The molecule has 0 fully saturated rings. The molecule has 0 atom stereocenters. The van der Waals surface area contributed by atoms with E-state index in [1.807, 2.05) is 24.4 Å². The van der Waals surface area contributed by atoms with Crippen molar-refractivity contribution in [1.29, 1.82) is 0 Å². The van der Waals surface area contributed by atoms with E-state index >= 15 is 0 Å². The fourth-order valence-electron chi connectivity index (χ4n) is 2.80.